The lowest BCUT2D eigenvalue weighted by atomic mass is 10.1. The third-order valence-electron chi connectivity index (χ3n) is 5.12. The zero-order chi connectivity index (χ0) is 19.4. The maximum Gasteiger partial charge on any atom is 0.250 e. The fourth-order valence-corrected chi connectivity index (χ4v) is 3.42. The maximum absolute atomic E-state index is 12.4. The Bertz CT molecular complexity index is 842. The number of piperazine rings is 1. The summed E-state index contributed by atoms with van der Waals surface area (Å²) in [5.41, 5.74) is 10.0. The maximum atomic E-state index is 12.4. The molecule has 1 fully saturated rings. The molecule has 2 aromatic carbocycles. The van der Waals surface area contributed by atoms with E-state index in [-0.39, 0.29) is 5.91 Å². The minimum Gasteiger partial charge on any atom is -0.369 e. The summed E-state index contributed by atoms with van der Waals surface area (Å²) >= 11 is 0. The molecule has 1 aliphatic heterocycles. The van der Waals surface area contributed by atoms with Crippen LogP contribution in [0.4, 0.5) is 11.4 Å². The largest absolute Gasteiger partial charge is 0.369 e. The minimum absolute atomic E-state index is 0.135. The normalized spacial score (nSPS) is 14.8. The first-order chi connectivity index (χ1) is 13.0. The van der Waals surface area contributed by atoms with E-state index in [1.165, 1.54) is 16.8 Å². The zero-order valence-electron chi connectivity index (χ0n) is 15.9. The number of anilines is 2. The van der Waals surface area contributed by atoms with Gasteiger partial charge in [0.05, 0.1) is 17.8 Å². The highest BCUT2D eigenvalue weighted by atomic mass is 16.2. The molecular formula is C21H26N4O2. The van der Waals surface area contributed by atoms with Gasteiger partial charge >= 0.3 is 0 Å². The second-order valence-electron chi connectivity index (χ2n) is 6.94. The van der Waals surface area contributed by atoms with Gasteiger partial charge in [0.2, 0.25) is 5.91 Å². The van der Waals surface area contributed by atoms with Crippen molar-refractivity contribution in [2.24, 2.45) is 5.73 Å². The van der Waals surface area contributed by atoms with Gasteiger partial charge in [-0.1, -0.05) is 24.3 Å². The van der Waals surface area contributed by atoms with E-state index in [2.05, 4.69) is 47.2 Å². The first kappa shape index (κ1) is 18.9. The van der Waals surface area contributed by atoms with Crippen LogP contribution in [0.25, 0.3) is 0 Å². The summed E-state index contributed by atoms with van der Waals surface area (Å²) in [5, 5.41) is 2.80. The van der Waals surface area contributed by atoms with Crippen molar-refractivity contribution in [2.75, 3.05) is 42.9 Å². The van der Waals surface area contributed by atoms with Crippen molar-refractivity contribution in [3.8, 4) is 0 Å². The van der Waals surface area contributed by atoms with Crippen LogP contribution in [-0.4, -0.2) is 49.4 Å². The second-order valence-corrected chi connectivity index (χ2v) is 6.94. The third-order valence-corrected chi connectivity index (χ3v) is 5.12. The molecule has 27 heavy (non-hydrogen) atoms. The van der Waals surface area contributed by atoms with E-state index < -0.39 is 5.91 Å². The molecule has 1 saturated heterocycles. The monoisotopic (exact) mass is 366 g/mol. The van der Waals surface area contributed by atoms with Gasteiger partial charge in [0.1, 0.15) is 0 Å². The van der Waals surface area contributed by atoms with Gasteiger partial charge in [0, 0.05) is 31.9 Å². The number of hydrogen-bond donors (Lipinski definition) is 2. The van der Waals surface area contributed by atoms with Gasteiger partial charge in [-0.05, 0) is 43.2 Å². The van der Waals surface area contributed by atoms with Gasteiger partial charge in [-0.25, -0.2) is 0 Å². The van der Waals surface area contributed by atoms with Crippen LogP contribution in [0.15, 0.2) is 42.5 Å². The number of rotatable bonds is 5. The van der Waals surface area contributed by atoms with Gasteiger partial charge in [-0.2, -0.15) is 0 Å². The van der Waals surface area contributed by atoms with Crippen molar-refractivity contribution in [3.05, 3.63) is 59.2 Å². The molecule has 142 valence electrons. The molecule has 0 atom stereocenters. The van der Waals surface area contributed by atoms with E-state index in [1.807, 2.05) is 0 Å². The van der Waals surface area contributed by atoms with Crippen LogP contribution in [0.1, 0.15) is 21.5 Å². The number of carbonyl (C=O) groups is 2. The number of hydrogen-bond acceptors (Lipinski definition) is 4. The highest BCUT2D eigenvalue weighted by Crippen LogP contribution is 2.23. The number of primary amides is 1. The van der Waals surface area contributed by atoms with E-state index in [0.717, 1.165) is 26.2 Å². The average Bonchev–Trinajstić information content (AvgIpc) is 2.65. The van der Waals surface area contributed by atoms with Crippen molar-refractivity contribution in [1.82, 2.24) is 4.90 Å². The quantitative estimate of drug-likeness (QED) is 0.850. The number of nitrogens with two attached hydrogens (primary N) is 1. The van der Waals surface area contributed by atoms with Gasteiger partial charge in [-0.15, -0.1) is 0 Å². The first-order valence-corrected chi connectivity index (χ1v) is 9.18. The number of nitrogens with zero attached hydrogens (tertiary/aromatic N) is 2. The molecule has 0 bridgehead atoms. The molecule has 2 amide bonds. The van der Waals surface area contributed by atoms with E-state index in [1.54, 1.807) is 24.3 Å². The van der Waals surface area contributed by atoms with Crippen molar-refractivity contribution in [2.45, 2.75) is 13.8 Å². The Hall–Kier alpha value is -2.86. The molecule has 2 aromatic rings. The summed E-state index contributed by atoms with van der Waals surface area (Å²) in [6.45, 7) is 7.99. The molecule has 0 unspecified atom stereocenters. The Labute approximate surface area is 159 Å². The van der Waals surface area contributed by atoms with Crippen molar-refractivity contribution < 1.29 is 9.59 Å². The molecule has 1 heterocycles. The molecule has 6 heteroatoms. The van der Waals surface area contributed by atoms with Crippen LogP contribution in [0.2, 0.25) is 0 Å². The molecule has 3 rings (SSSR count). The molecule has 0 saturated carbocycles. The molecule has 0 spiro atoms. The summed E-state index contributed by atoms with van der Waals surface area (Å²) in [7, 11) is 0. The smallest absolute Gasteiger partial charge is 0.250 e. The Kier molecular flexibility index (Phi) is 5.76. The average molecular weight is 366 g/mol. The van der Waals surface area contributed by atoms with Gasteiger partial charge in [-0.3, -0.25) is 14.5 Å². The minimum atomic E-state index is -0.548. The van der Waals surface area contributed by atoms with Gasteiger partial charge < -0.3 is 16.0 Å². The van der Waals surface area contributed by atoms with E-state index in [9.17, 15) is 9.59 Å². The summed E-state index contributed by atoms with van der Waals surface area (Å²) in [6, 6.07) is 13.2. The molecule has 0 radical (unpaired) electrons. The van der Waals surface area contributed by atoms with Crippen LogP contribution >= 0.6 is 0 Å². The lowest BCUT2D eigenvalue weighted by Crippen LogP contribution is -2.49. The van der Waals surface area contributed by atoms with Crippen LogP contribution in [-0.2, 0) is 4.79 Å². The van der Waals surface area contributed by atoms with E-state index in [4.69, 9.17) is 5.73 Å². The molecule has 3 N–H and O–H groups in total. The molecule has 6 nitrogen and oxygen atoms in total. The Morgan fingerprint density at radius 1 is 1.00 bits per heavy atom. The summed E-state index contributed by atoms with van der Waals surface area (Å²) < 4.78 is 0. The fourth-order valence-electron chi connectivity index (χ4n) is 3.42. The standard InChI is InChI=1S/C21H26N4O2/c1-15-6-5-9-19(16(15)2)25-12-10-24(11-13-25)14-20(26)23-18-8-4-3-7-17(18)21(22)27/h3-9H,10-14H2,1-2H3,(H2,22,27)(H,23,26). The SMILES string of the molecule is Cc1cccc(N2CCN(CC(=O)Nc3ccccc3C(N)=O)CC2)c1C. The Morgan fingerprint density at radius 2 is 1.70 bits per heavy atom. The molecule has 0 aromatic heterocycles. The van der Waals surface area contributed by atoms with Crippen molar-refractivity contribution >= 4 is 23.2 Å². The zero-order valence-corrected chi connectivity index (χ0v) is 15.9. The summed E-state index contributed by atoms with van der Waals surface area (Å²) in [5.74, 6) is -0.683. The lowest BCUT2D eigenvalue weighted by Gasteiger charge is -2.36. The lowest BCUT2D eigenvalue weighted by molar-refractivity contribution is -0.117. The summed E-state index contributed by atoms with van der Waals surface area (Å²) in [6.07, 6.45) is 0. The van der Waals surface area contributed by atoms with Crippen molar-refractivity contribution in [1.29, 1.82) is 0 Å². The fraction of sp³-hybridized carbons (Fsp3) is 0.333. The summed E-state index contributed by atoms with van der Waals surface area (Å²) in [4.78, 5) is 28.4. The predicted octanol–water partition coefficient (Wildman–Crippen LogP) is 2.16. The molecular weight excluding hydrogens is 340 g/mol. The number of benzene rings is 2. The predicted molar refractivity (Wildman–Crippen MR) is 108 cm³/mol. The van der Waals surface area contributed by atoms with E-state index in [0.29, 0.717) is 17.8 Å². The highest BCUT2D eigenvalue weighted by molar-refractivity contribution is 6.03. The van der Waals surface area contributed by atoms with Crippen molar-refractivity contribution in [3.63, 3.8) is 0 Å². The Morgan fingerprint density at radius 3 is 2.41 bits per heavy atom. The van der Waals surface area contributed by atoms with Crippen LogP contribution in [0.5, 0.6) is 0 Å². The van der Waals surface area contributed by atoms with Gasteiger partial charge in [0.15, 0.2) is 0 Å². The number of carbonyl (C=O) groups excluding carboxylic acids is 2. The third kappa shape index (κ3) is 4.46. The van der Waals surface area contributed by atoms with Crippen LogP contribution in [0, 0.1) is 13.8 Å². The number of nitrogens with one attached hydrogen (secondary N) is 1. The number of aryl methyl sites for hydroxylation is 1. The number of amides is 2. The highest BCUT2D eigenvalue weighted by Gasteiger charge is 2.21. The topological polar surface area (TPSA) is 78.7 Å². The van der Waals surface area contributed by atoms with Crippen LogP contribution < -0.4 is 16.0 Å². The van der Waals surface area contributed by atoms with Gasteiger partial charge in [0.25, 0.3) is 5.91 Å². The molecule has 1 aliphatic rings. The van der Waals surface area contributed by atoms with Crippen LogP contribution in [0.3, 0.4) is 0 Å². The van der Waals surface area contributed by atoms with E-state index >= 15 is 0 Å². The Balaban J connectivity index is 1.56. The molecule has 0 aliphatic carbocycles. The first-order valence-electron chi connectivity index (χ1n) is 9.18. The second kappa shape index (κ2) is 8.22. The number of para-hydroxylation sites is 1.